The van der Waals surface area contributed by atoms with Crippen LogP contribution < -0.4 is 21.0 Å². The summed E-state index contributed by atoms with van der Waals surface area (Å²) in [6.45, 7) is 4.29. The van der Waals surface area contributed by atoms with Gasteiger partial charge in [0.05, 0.1) is 6.54 Å². The van der Waals surface area contributed by atoms with E-state index in [1.807, 2.05) is 0 Å². The Bertz CT molecular complexity index is 1190. The highest BCUT2D eigenvalue weighted by Gasteiger charge is 2.17. The lowest BCUT2D eigenvalue weighted by molar-refractivity contribution is -0.120. The van der Waals surface area contributed by atoms with E-state index in [2.05, 4.69) is 25.4 Å². The van der Waals surface area contributed by atoms with Crippen molar-refractivity contribution in [3.05, 3.63) is 76.3 Å². The molecule has 3 aromatic rings. The Balaban J connectivity index is 1.18. The van der Waals surface area contributed by atoms with Crippen LogP contribution in [-0.2, 0) is 4.79 Å². The quantitative estimate of drug-likeness (QED) is 0.504. The third-order valence-electron chi connectivity index (χ3n) is 5.76. The molecule has 3 N–H and O–H groups in total. The van der Waals surface area contributed by atoms with Crippen LogP contribution in [0.1, 0.15) is 10.4 Å². The average molecular weight is 452 g/mol. The second-order valence-electron chi connectivity index (χ2n) is 7.91. The first-order valence-corrected chi connectivity index (χ1v) is 10.9. The highest BCUT2D eigenvalue weighted by molar-refractivity contribution is 5.98. The molecule has 0 unspecified atom stereocenters. The molecule has 0 bridgehead atoms. The van der Waals surface area contributed by atoms with E-state index in [0.29, 0.717) is 24.0 Å². The molecule has 0 saturated carbocycles. The third kappa shape index (κ3) is 5.56. The van der Waals surface area contributed by atoms with Crippen LogP contribution in [0.2, 0.25) is 0 Å². The number of hydrogen-bond acceptors (Lipinski definition) is 5. The summed E-state index contributed by atoms with van der Waals surface area (Å²) in [6.07, 6.45) is 1.36. The molecule has 1 aliphatic heterocycles. The number of aromatic nitrogens is 1. The van der Waals surface area contributed by atoms with Gasteiger partial charge in [-0.3, -0.25) is 19.3 Å². The second kappa shape index (κ2) is 10.3. The van der Waals surface area contributed by atoms with Gasteiger partial charge >= 0.3 is 0 Å². The number of fused-ring (bicyclic) bond motifs is 1. The number of amides is 2. The Hall–Kier alpha value is -3.72. The van der Waals surface area contributed by atoms with E-state index in [9.17, 15) is 18.8 Å². The van der Waals surface area contributed by atoms with Crippen molar-refractivity contribution in [3.63, 3.8) is 0 Å². The van der Waals surface area contributed by atoms with Crippen molar-refractivity contribution < 1.29 is 14.0 Å². The first-order chi connectivity index (χ1) is 16.0. The van der Waals surface area contributed by atoms with Crippen LogP contribution in [0.15, 0.2) is 59.5 Å². The van der Waals surface area contributed by atoms with Crippen LogP contribution in [-0.4, -0.2) is 67.5 Å². The van der Waals surface area contributed by atoms with Gasteiger partial charge in [-0.1, -0.05) is 12.1 Å². The first-order valence-electron chi connectivity index (χ1n) is 10.9. The second-order valence-corrected chi connectivity index (χ2v) is 7.91. The molecule has 172 valence electrons. The van der Waals surface area contributed by atoms with Crippen molar-refractivity contribution in [2.75, 3.05) is 50.7 Å². The molecule has 1 aromatic heterocycles. The molecule has 1 aliphatic rings. The minimum absolute atomic E-state index is 0.0273. The minimum Gasteiger partial charge on any atom is -0.369 e. The fourth-order valence-electron chi connectivity index (χ4n) is 3.89. The van der Waals surface area contributed by atoms with Crippen LogP contribution >= 0.6 is 0 Å². The van der Waals surface area contributed by atoms with Gasteiger partial charge in [-0.15, -0.1) is 0 Å². The summed E-state index contributed by atoms with van der Waals surface area (Å²) in [6, 6.07) is 13.4. The summed E-state index contributed by atoms with van der Waals surface area (Å²) < 4.78 is 13.1. The summed E-state index contributed by atoms with van der Waals surface area (Å²) in [4.78, 5) is 44.3. The fourth-order valence-corrected chi connectivity index (χ4v) is 3.89. The molecule has 33 heavy (non-hydrogen) atoms. The summed E-state index contributed by atoms with van der Waals surface area (Å²) in [7, 11) is 0. The zero-order valence-electron chi connectivity index (χ0n) is 18.1. The van der Waals surface area contributed by atoms with Gasteiger partial charge in [0.15, 0.2) is 0 Å². The molecule has 4 rings (SSSR count). The van der Waals surface area contributed by atoms with E-state index >= 15 is 0 Å². The van der Waals surface area contributed by atoms with Crippen molar-refractivity contribution in [1.29, 1.82) is 0 Å². The van der Waals surface area contributed by atoms with E-state index in [4.69, 9.17) is 0 Å². The summed E-state index contributed by atoms with van der Waals surface area (Å²) in [5.74, 6) is -1.15. The number of anilines is 1. The van der Waals surface area contributed by atoms with Gasteiger partial charge in [0.2, 0.25) is 11.3 Å². The highest BCUT2D eigenvalue weighted by atomic mass is 19.1. The van der Waals surface area contributed by atoms with E-state index < -0.39 is 5.91 Å². The number of halogens is 1. The molecule has 1 fully saturated rings. The molecule has 2 heterocycles. The number of piperazine rings is 1. The number of aromatic amines is 1. The van der Waals surface area contributed by atoms with Crippen molar-refractivity contribution in [1.82, 2.24) is 20.5 Å². The Morgan fingerprint density at radius 3 is 2.45 bits per heavy atom. The van der Waals surface area contributed by atoms with Crippen LogP contribution in [0, 0.1) is 5.82 Å². The maximum absolute atomic E-state index is 13.1. The number of H-pyrrole nitrogens is 1. The minimum atomic E-state index is -0.589. The number of pyridine rings is 1. The molecule has 1 saturated heterocycles. The van der Waals surface area contributed by atoms with E-state index in [0.717, 1.165) is 31.9 Å². The first kappa shape index (κ1) is 22.5. The van der Waals surface area contributed by atoms with Crippen molar-refractivity contribution in [2.45, 2.75) is 0 Å². The van der Waals surface area contributed by atoms with Crippen LogP contribution in [0.25, 0.3) is 10.9 Å². The van der Waals surface area contributed by atoms with Crippen molar-refractivity contribution in [2.24, 2.45) is 0 Å². The number of hydrogen-bond donors (Lipinski definition) is 3. The number of nitrogens with zero attached hydrogens (tertiary/aromatic N) is 2. The summed E-state index contributed by atoms with van der Waals surface area (Å²) in [5.41, 5.74) is 1.25. The molecule has 9 heteroatoms. The molecular weight excluding hydrogens is 425 g/mol. The maximum atomic E-state index is 13.1. The van der Waals surface area contributed by atoms with Crippen LogP contribution in [0.5, 0.6) is 0 Å². The van der Waals surface area contributed by atoms with Crippen molar-refractivity contribution in [3.8, 4) is 0 Å². The standard InChI is InChI=1S/C24H26FN5O3/c25-17-5-7-18(8-6-17)30-13-11-29(12-14-30)10-9-26-22(31)16-28-24(33)20-15-27-21-4-2-1-3-19(21)23(20)32/h1-8,15H,9-14,16H2,(H,26,31)(H,27,32)(H,28,33). The van der Waals surface area contributed by atoms with Gasteiger partial charge in [-0.2, -0.15) is 0 Å². The monoisotopic (exact) mass is 451 g/mol. The maximum Gasteiger partial charge on any atom is 0.257 e. The zero-order valence-corrected chi connectivity index (χ0v) is 18.1. The molecular formula is C24H26FN5O3. The van der Waals surface area contributed by atoms with Crippen LogP contribution in [0.3, 0.4) is 0 Å². The normalized spacial score (nSPS) is 14.3. The Morgan fingerprint density at radius 1 is 0.970 bits per heavy atom. The third-order valence-corrected chi connectivity index (χ3v) is 5.76. The zero-order chi connectivity index (χ0) is 23.2. The Labute approximate surface area is 190 Å². The molecule has 0 spiro atoms. The summed E-state index contributed by atoms with van der Waals surface area (Å²) >= 11 is 0. The molecule has 2 aromatic carbocycles. The van der Waals surface area contributed by atoms with Gasteiger partial charge < -0.3 is 20.5 Å². The summed E-state index contributed by atoms with van der Waals surface area (Å²) in [5, 5.41) is 5.72. The lowest BCUT2D eigenvalue weighted by Crippen LogP contribution is -2.49. The molecule has 8 nitrogen and oxygen atoms in total. The Kier molecular flexibility index (Phi) is 6.99. The number of nitrogens with one attached hydrogen (secondary N) is 3. The lowest BCUT2D eigenvalue weighted by atomic mass is 10.1. The number of carbonyl (C=O) groups is 2. The molecule has 0 atom stereocenters. The van der Waals surface area contributed by atoms with Crippen LogP contribution in [0.4, 0.5) is 10.1 Å². The largest absolute Gasteiger partial charge is 0.369 e. The molecule has 0 radical (unpaired) electrons. The topological polar surface area (TPSA) is 97.5 Å². The Morgan fingerprint density at radius 2 is 1.70 bits per heavy atom. The number of benzene rings is 2. The van der Waals surface area contributed by atoms with Gasteiger partial charge in [0.1, 0.15) is 11.4 Å². The average Bonchev–Trinajstić information content (AvgIpc) is 2.84. The van der Waals surface area contributed by atoms with Gasteiger partial charge in [0, 0.05) is 62.1 Å². The number of rotatable bonds is 7. The predicted molar refractivity (Wildman–Crippen MR) is 125 cm³/mol. The number of para-hydroxylation sites is 1. The molecule has 2 amide bonds. The fraction of sp³-hybridized carbons (Fsp3) is 0.292. The lowest BCUT2D eigenvalue weighted by Gasteiger charge is -2.36. The highest BCUT2D eigenvalue weighted by Crippen LogP contribution is 2.16. The van der Waals surface area contributed by atoms with Gasteiger partial charge in [-0.05, 0) is 36.4 Å². The van der Waals surface area contributed by atoms with E-state index in [1.165, 1.54) is 18.3 Å². The van der Waals surface area contributed by atoms with Gasteiger partial charge in [-0.25, -0.2) is 4.39 Å². The smallest absolute Gasteiger partial charge is 0.257 e. The van der Waals surface area contributed by atoms with E-state index in [1.54, 1.807) is 36.4 Å². The number of carbonyl (C=O) groups excluding carboxylic acids is 2. The molecule has 0 aliphatic carbocycles. The van der Waals surface area contributed by atoms with E-state index in [-0.39, 0.29) is 29.3 Å². The van der Waals surface area contributed by atoms with Gasteiger partial charge in [0.25, 0.3) is 5.91 Å². The van der Waals surface area contributed by atoms with Crippen molar-refractivity contribution >= 4 is 28.4 Å². The SMILES string of the molecule is O=C(CNC(=O)c1c[nH]c2ccccc2c1=O)NCCN1CCN(c2ccc(F)cc2)CC1. The predicted octanol–water partition coefficient (Wildman–Crippen LogP) is 1.34.